The van der Waals surface area contributed by atoms with Crippen molar-refractivity contribution in [3.63, 3.8) is 0 Å². The van der Waals surface area contributed by atoms with Crippen LogP contribution in [0.3, 0.4) is 0 Å². The topological polar surface area (TPSA) is 46.2 Å². The summed E-state index contributed by atoms with van der Waals surface area (Å²) >= 11 is 0. The summed E-state index contributed by atoms with van der Waals surface area (Å²) in [7, 11) is 0. The van der Waals surface area contributed by atoms with Gasteiger partial charge in [-0.05, 0) is 44.7 Å². The Morgan fingerprint density at radius 1 is 1.10 bits per heavy atom. The third-order valence-corrected chi connectivity index (χ3v) is 3.66. The monoisotopic (exact) mass is 271 g/mol. The van der Waals surface area contributed by atoms with Crippen LogP contribution >= 0.6 is 0 Å². The standard InChI is InChI=1S/C17H21NO2/c1-13(19)16(12-14-8-4-2-5-9-14)18-17(20)15-10-6-3-7-11-15/h3,6-7,10-12,16H,2,4-5,8-9H2,1H3,(H,18,20). The number of amides is 1. The van der Waals surface area contributed by atoms with Crippen molar-refractivity contribution >= 4 is 11.7 Å². The van der Waals surface area contributed by atoms with Crippen LogP contribution in [0.25, 0.3) is 0 Å². The van der Waals surface area contributed by atoms with Crippen LogP contribution in [0.5, 0.6) is 0 Å². The molecule has 0 radical (unpaired) electrons. The largest absolute Gasteiger partial charge is 0.339 e. The molecule has 0 bridgehead atoms. The van der Waals surface area contributed by atoms with Gasteiger partial charge in [0.15, 0.2) is 5.78 Å². The lowest BCUT2D eigenvalue weighted by Gasteiger charge is -2.18. The van der Waals surface area contributed by atoms with Crippen molar-refractivity contribution in [2.75, 3.05) is 0 Å². The highest BCUT2D eigenvalue weighted by Gasteiger charge is 2.17. The normalized spacial score (nSPS) is 16.4. The van der Waals surface area contributed by atoms with Crippen LogP contribution in [-0.2, 0) is 4.79 Å². The number of benzene rings is 1. The Kier molecular flexibility index (Phi) is 5.10. The molecule has 1 unspecified atom stereocenters. The lowest BCUT2D eigenvalue weighted by atomic mass is 9.93. The zero-order chi connectivity index (χ0) is 14.4. The van der Waals surface area contributed by atoms with Gasteiger partial charge in [-0.15, -0.1) is 0 Å². The Morgan fingerprint density at radius 2 is 1.75 bits per heavy atom. The van der Waals surface area contributed by atoms with Crippen LogP contribution in [0.4, 0.5) is 0 Å². The zero-order valence-corrected chi connectivity index (χ0v) is 11.9. The minimum atomic E-state index is -0.504. The number of ketones is 1. The number of rotatable bonds is 4. The lowest BCUT2D eigenvalue weighted by Crippen LogP contribution is -2.38. The number of hydrogen-bond donors (Lipinski definition) is 1. The number of nitrogens with one attached hydrogen (secondary N) is 1. The third-order valence-electron chi connectivity index (χ3n) is 3.66. The smallest absolute Gasteiger partial charge is 0.252 e. The van der Waals surface area contributed by atoms with E-state index in [1.165, 1.54) is 31.8 Å². The molecule has 106 valence electrons. The third kappa shape index (κ3) is 4.05. The minimum absolute atomic E-state index is 0.0210. The van der Waals surface area contributed by atoms with Gasteiger partial charge in [0, 0.05) is 5.56 Å². The lowest BCUT2D eigenvalue weighted by molar-refractivity contribution is -0.117. The van der Waals surface area contributed by atoms with Crippen LogP contribution in [0.1, 0.15) is 49.4 Å². The van der Waals surface area contributed by atoms with Crippen molar-refractivity contribution < 1.29 is 9.59 Å². The molecule has 3 heteroatoms. The first-order valence-electron chi connectivity index (χ1n) is 7.23. The van der Waals surface area contributed by atoms with Crippen LogP contribution in [-0.4, -0.2) is 17.7 Å². The Bertz CT molecular complexity index is 497. The number of carbonyl (C=O) groups is 2. The van der Waals surface area contributed by atoms with Gasteiger partial charge in [0.1, 0.15) is 6.04 Å². The maximum atomic E-state index is 12.1. The summed E-state index contributed by atoms with van der Waals surface area (Å²) in [6.45, 7) is 1.52. The van der Waals surface area contributed by atoms with Gasteiger partial charge < -0.3 is 5.32 Å². The van der Waals surface area contributed by atoms with E-state index in [0.29, 0.717) is 5.56 Å². The van der Waals surface area contributed by atoms with Crippen LogP contribution in [0, 0.1) is 0 Å². The summed E-state index contributed by atoms with van der Waals surface area (Å²) in [6.07, 6.45) is 7.67. The Morgan fingerprint density at radius 3 is 2.35 bits per heavy atom. The SMILES string of the molecule is CC(=O)C(C=C1CCCCC1)NC(=O)c1ccccc1. The summed E-state index contributed by atoms with van der Waals surface area (Å²) in [5.41, 5.74) is 1.88. The molecule has 1 N–H and O–H groups in total. The van der Waals surface area contributed by atoms with E-state index >= 15 is 0 Å². The molecule has 1 aliphatic rings. The highest BCUT2D eigenvalue weighted by atomic mass is 16.2. The Hall–Kier alpha value is -1.90. The summed E-state index contributed by atoms with van der Waals surface area (Å²) in [4.78, 5) is 23.8. The minimum Gasteiger partial charge on any atom is -0.339 e. The van der Waals surface area contributed by atoms with E-state index in [0.717, 1.165) is 12.8 Å². The predicted molar refractivity (Wildman–Crippen MR) is 79.5 cm³/mol. The van der Waals surface area contributed by atoms with Crippen molar-refractivity contribution in [1.82, 2.24) is 5.32 Å². The van der Waals surface area contributed by atoms with E-state index in [4.69, 9.17) is 0 Å². The van der Waals surface area contributed by atoms with Crippen LogP contribution in [0.2, 0.25) is 0 Å². The van der Waals surface area contributed by atoms with Gasteiger partial charge in [0.25, 0.3) is 5.91 Å². The molecule has 0 spiro atoms. The molecule has 0 saturated heterocycles. The fourth-order valence-corrected chi connectivity index (χ4v) is 2.48. The first-order chi connectivity index (χ1) is 9.66. The van der Waals surface area contributed by atoms with Gasteiger partial charge in [0.2, 0.25) is 0 Å². The fourth-order valence-electron chi connectivity index (χ4n) is 2.48. The average molecular weight is 271 g/mol. The summed E-state index contributed by atoms with van der Waals surface area (Å²) in [5, 5.41) is 2.82. The molecule has 1 atom stereocenters. The van der Waals surface area contributed by atoms with Crippen molar-refractivity contribution in [3.05, 3.63) is 47.5 Å². The van der Waals surface area contributed by atoms with Crippen molar-refractivity contribution in [1.29, 1.82) is 0 Å². The van der Waals surface area contributed by atoms with E-state index in [2.05, 4.69) is 5.32 Å². The van der Waals surface area contributed by atoms with Crippen molar-refractivity contribution in [3.8, 4) is 0 Å². The van der Waals surface area contributed by atoms with E-state index in [9.17, 15) is 9.59 Å². The molecule has 2 rings (SSSR count). The first kappa shape index (κ1) is 14.5. The van der Waals surface area contributed by atoms with E-state index in [1.807, 2.05) is 24.3 Å². The number of allylic oxidation sites excluding steroid dienone is 1. The molecular formula is C17H21NO2. The second kappa shape index (κ2) is 7.04. The van der Waals surface area contributed by atoms with Gasteiger partial charge in [-0.3, -0.25) is 9.59 Å². The molecule has 1 aliphatic carbocycles. The summed E-state index contributed by atoms with van der Waals surface area (Å²) in [5.74, 6) is -0.217. The maximum absolute atomic E-state index is 12.1. The molecule has 0 aliphatic heterocycles. The average Bonchev–Trinajstić information content (AvgIpc) is 2.48. The number of hydrogen-bond acceptors (Lipinski definition) is 2. The van der Waals surface area contributed by atoms with Crippen molar-refractivity contribution in [2.45, 2.75) is 45.1 Å². The highest BCUT2D eigenvalue weighted by Crippen LogP contribution is 2.23. The van der Waals surface area contributed by atoms with E-state index < -0.39 is 6.04 Å². The molecule has 0 aromatic heterocycles. The molecule has 1 saturated carbocycles. The molecule has 1 amide bonds. The quantitative estimate of drug-likeness (QED) is 0.854. The highest BCUT2D eigenvalue weighted by molar-refractivity contribution is 5.98. The van der Waals surface area contributed by atoms with Gasteiger partial charge in [-0.1, -0.05) is 36.3 Å². The van der Waals surface area contributed by atoms with E-state index in [-0.39, 0.29) is 11.7 Å². The number of carbonyl (C=O) groups excluding carboxylic acids is 2. The summed E-state index contributed by atoms with van der Waals surface area (Å²) in [6, 6.07) is 8.49. The zero-order valence-electron chi connectivity index (χ0n) is 11.9. The van der Waals surface area contributed by atoms with Crippen LogP contribution in [0.15, 0.2) is 42.0 Å². The second-order valence-electron chi connectivity index (χ2n) is 5.31. The molecule has 1 aromatic carbocycles. The Balaban J connectivity index is 2.06. The molecule has 3 nitrogen and oxygen atoms in total. The van der Waals surface area contributed by atoms with Gasteiger partial charge in [0.05, 0.1) is 0 Å². The van der Waals surface area contributed by atoms with Crippen molar-refractivity contribution in [2.24, 2.45) is 0 Å². The van der Waals surface area contributed by atoms with E-state index in [1.54, 1.807) is 12.1 Å². The molecule has 1 fully saturated rings. The molecular weight excluding hydrogens is 250 g/mol. The van der Waals surface area contributed by atoms with Crippen LogP contribution < -0.4 is 5.32 Å². The number of Topliss-reactive ketones (excluding diaryl/α,β-unsaturated/α-hetero) is 1. The van der Waals surface area contributed by atoms with Gasteiger partial charge in [-0.2, -0.15) is 0 Å². The Labute approximate surface area is 120 Å². The predicted octanol–water partition coefficient (Wildman–Crippen LogP) is 3.26. The first-order valence-corrected chi connectivity index (χ1v) is 7.23. The van der Waals surface area contributed by atoms with Gasteiger partial charge >= 0.3 is 0 Å². The molecule has 20 heavy (non-hydrogen) atoms. The molecule has 0 heterocycles. The maximum Gasteiger partial charge on any atom is 0.252 e. The second-order valence-corrected chi connectivity index (χ2v) is 5.31. The molecule has 1 aromatic rings. The fraction of sp³-hybridized carbons (Fsp3) is 0.412. The van der Waals surface area contributed by atoms with Gasteiger partial charge in [-0.25, -0.2) is 0 Å². The summed E-state index contributed by atoms with van der Waals surface area (Å²) < 4.78 is 0.